The van der Waals surface area contributed by atoms with Gasteiger partial charge in [-0.2, -0.15) is 0 Å². The molecule has 0 aliphatic heterocycles. The lowest BCUT2D eigenvalue weighted by molar-refractivity contribution is -0.220. The number of aliphatic hydroxyl groups excluding tert-OH is 5. The summed E-state index contributed by atoms with van der Waals surface area (Å²) in [5.74, 6) is -1.09. The van der Waals surface area contributed by atoms with E-state index in [4.69, 9.17) is 18.5 Å². The van der Waals surface area contributed by atoms with Crippen LogP contribution in [0.1, 0.15) is 239 Å². The number of phosphoric ester groups is 1. The first-order valence-corrected chi connectivity index (χ1v) is 27.5. The second-order valence-electron chi connectivity index (χ2n) is 18.4. The molecule has 0 saturated heterocycles. The minimum absolute atomic E-state index is 0.0963. The van der Waals surface area contributed by atoms with Crippen LogP contribution >= 0.6 is 7.82 Å². The Morgan fingerprint density at radius 2 is 0.797 bits per heavy atom. The number of esters is 2. The largest absolute Gasteiger partial charge is 0.472 e. The lowest BCUT2D eigenvalue weighted by atomic mass is 9.85. The summed E-state index contributed by atoms with van der Waals surface area (Å²) in [5.41, 5.74) is 0. The van der Waals surface area contributed by atoms with E-state index >= 15 is 0 Å². The van der Waals surface area contributed by atoms with Crippen LogP contribution in [0.2, 0.25) is 0 Å². The maximum atomic E-state index is 12.8. The third-order valence-corrected chi connectivity index (χ3v) is 13.3. The topological polar surface area (TPSA) is 210 Å². The molecule has 0 amide bonds. The van der Waals surface area contributed by atoms with Gasteiger partial charge in [-0.1, -0.05) is 199 Å². The molecule has 0 aromatic carbocycles. The molecule has 1 rings (SSSR count). The molecular formula is C50H95O13P. The number of carbonyl (C=O) groups is 2. The molecule has 1 saturated carbocycles. The molecule has 13 nitrogen and oxygen atoms in total. The van der Waals surface area contributed by atoms with Gasteiger partial charge in [0.25, 0.3) is 0 Å². The fraction of sp³-hybridized carbons (Fsp3) is 0.920. The Morgan fingerprint density at radius 1 is 0.469 bits per heavy atom. The number of rotatable bonds is 44. The van der Waals surface area contributed by atoms with Crippen LogP contribution in [-0.4, -0.2) is 98.3 Å². The lowest BCUT2D eigenvalue weighted by Crippen LogP contribution is -2.64. The minimum Gasteiger partial charge on any atom is -0.462 e. The minimum atomic E-state index is -5.12. The van der Waals surface area contributed by atoms with Crippen LogP contribution in [0.3, 0.4) is 0 Å². The van der Waals surface area contributed by atoms with Crippen LogP contribution in [0.5, 0.6) is 0 Å². The van der Waals surface area contributed by atoms with Crippen molar-refractivity contribution < 1.29 is 63.1 Å². The average molecular weight is 935 g/mol. The fourth-order valence-electron chi connectivity index (χ4n) is 8.17. The van der Waals surface area contributed by atoms with Crippen molar-refractivity contribution in [1.82, 2.24) is 0 Å². The van der Waals surface area contributed by atoms with E-state index in [1.165, 1.54) is 148 Å². The average Bonchev–Trinajstić information content (AvgIpc) is 3.28. The maximum absolute atomic E-state index is 12.8. The summed E-state index contributed by atoms with van der Waals surface area (Å²) < 4.78 is 33.6. The third kappa shape index (κ3) is 32.3. The Balaban J connectivity index is 2.39. The Morgan fingerprint density at radius 3 is 1.19 bits per heavy atom. The smallest absolute Gasteiger partial charge is 0.462 e. The summed E-state index contributed by atoms with van der Waals surface area (Å²) in [4.78, 5) is 35.8. The quantitative estimate of drug-likeness (QED) is 0.0146. The van der Waals surface area contributed by atoms with E-state index in [2.05, 4.69) is 26.0 Å². The number of hydrogen-bond donors (Lipinski definition) is 6. The van der Waals surface area contributed by atoms with Gasteiger partial charge in [0.1, 0.15) is 43.2 Å². The van der Waals surface area contributed by atoms with Crippen LogP contribution in [0.4, 0.5) is 0 Å². The first-order chi connectivity index (χ1) is 30.9. The third-order valence-electron chi connectivity index (χ3n) is 12.4. The van der Waals surface area contributed by atoms with E-state index in [0.29, 0.717) is 12.8 Å². The molecule has 0 bridgehead atoms. The van der Waals surface area contributed by atoms with Crippen LogP contribution < -0.4 is 0 Å². The van der Waals surface area contributed by atoms with Crippen molar-refractivity contribution in [2.45, 2.75) is 281 Å². The van der Waals surface area contributed by atoms with Gasteiger partial charge < -0.3 is 39.9 Å². The highest BCUT2D eigenvalue weighted by Crippen LogP contribution is 2.47. The Kier molecular flexibility index (Phi) is 38.5. The van der Waals surface area contributed by atoms with Gasteiger partial charge in [0.05, 0.1) is 6.61 Å². The van der Waals surface area contributed by atoms with Crippen molar-refractivity contribution in [1.29, 1.82) is 0 Å². The molecule has 6 N–H and O–H groups in total. The second kappa shape index (κ2) is 40.6. The van der Waals surface area contributed by atoms with Gasteiger partial charge in [-0.05, 0) is 38.5 Å². The van der Waals surface area contributed by atoms with Gasteiger partial charge in [0.15, 0.2) is 6.10 Å². The van der Waals surface area contributed by atoms with Crippen molar-refractivity contribution in [3.05, 3.63) is 12.2 Å². The van der Waals surface area contributed by atoms with E-state index in [0.717, 1.165) is 51.4 Å². The number of ether oxygens (including phenoxy) is 2. The predicted molar refractivity (Wildman–Crippen MR) is 254 cm³/mol. The van der Waals surface area contributed by atoms with E-state index < -0.39 is 75.7 Å². The zero-order valence-corrected chi connectivity index (χ0v) is 41.2. The van der Waals surface area contributed by atoms with Gasteiger partial charge in [-0.25, -0.2) is 4.57 Å². The number of hydrogen-bond acceptors (Lipinski definition) is 12. The summed E-state index contributed by atoms with van der Waals surface area (Å²) in [6, 6.07) is 0. The number of allylic oxidation sites excluding steroid dienone is 2. The monoisotopic (exact) mass is 935 g/mol. The van der Waals surface area contributed by atoms with Crippen LogP contribution in [-0.2, 0) is 32.7 Å². The first kappa shape index (κ1) is 60.6. The van der Waals surface area contributed by atoms with Gasteiger partial charge >= 0.3 is 19.8 Å². The number of aliphatic hydroxyl groups is 5. The van der Waals surface area contributed by atoms with E-state index in [1.54, 1.807) is 0 Å². The van der Waals surface area contributed by atoms with Crippen molar-refractivity contribution in [3.8, 4) is 0 Å². The predicted octanol–water partition coefficient (Wildman–Crippen LogP) is 11.0. The summed E-state index contributed by atoms with van der Waals surface area (Å²) in [6.07, 6.45) is 31.1. The highest BCUT2D eigenvalue weighted by Gasteiger charge is 2.51. The standard InChI is InChI=1S/C50H95O13P/c1-3-5-7-9-11-13-15-17-19-21-23-25-27-29-31-33-35-37-39-44(52)62-42(41-61-64(58,59)63-50-48(56)46(54)45(53)47(55)49(50)57)40-60-43(51)38-36-34-32-30-28-26-24-22-20-18-16-14-12-10-8-6-4-2/h19,21,42,45-50,53-57H,3-18,20,22-41H2,1-2H3,(H,58,59)/b21-19-. The molecule has 0 radical (unpaired) electrons. The van der Waals surface area contributed by atoms with Gasteiger partial charge in [-0.15, -0.1) is 0 Å². The van der Waals surface area contributed by atoms with E-state index in [-0.39, 0.29) is 12.8 Å². The molecular weight excluding hydrogens is 840 g/mol. The summed E-state index contributed by atoms with van der Waals surface area (Å²) in [7, 11) is -5.12. The highest BCUT2D eigenvalue weighted by molar-refractivity contribution is 7.47. The number of phosphoric acid groups is 1. The molecule has 6 unspecified atom stereocenters. The van der Waals surface area contributed by atoms with E-state index in [1.807, 2.05) is 0 Å². The summed E-state index contributed by atoms with van der Waals surface area (Å²) >= 11 is 0. The van der Waals surface area contributed by atoms with Crippen molar-refractivity contribution in [2.75, 3.05) is 13.2 Å². The molecule has 0 spiro atoms. The number of carbonyl (C=O) groups excluding carboxylic acids is 2. The summed E-state index contributed by atoms with van der Waals surface area (Å²) in [6.45, 7) is 3.34. The van der Waals surface area contributed by atoms with E-state index in [9.17, 15) is 44.6 Å². The molecule has 1 aliphatic carbocycles. The van der Waals surface area contributed by atoms with Crippen molar-refractivity contribution >= 4 is 19.8 Å². The molecule has 0 aromatic heterocycles. The summed E-state index contributed by atoms with van der Waals surface area (Å²) in [5, 5.41) is 50.3. The SMILES string of the molecule is CCCCCCCCC/C=C\CCCCCCCCCC(=O)OC(COC(=O)CCCCCCCCCCCCCCCCCCC)COP(=O)(O)OC1C(O)C(O)C(O)C(O)C1O. The van der Waals surface area contributed by atoms with Gasteiger partial charge in [-0.3, -0.25) is 18.6 Å². The molecule has 1 aliphatic rings. The first-order valence-electron chi connectivity index (χ1n) is 26.0. The van der Waals surface area contributed by atoms with Gasteiger partial charge in [0, 0.05) is 12.8 Å². The zero-order valence-electron chi connectivity index (χ0n) is 40.3. The molecule has 6 atom stereocenters. The van der Waals surface area contributed by atoms with Crippen molar-refractivity contribution in [2.24, 2.45) is 0 Å². The normalized spacial score (nSPS) is 21.6. The van der Waals surface area contributed by atoms with Crippen LogP contribution in [0.25, 0.3) is 0 Å². The van der Waals surface area contributed by atoms with Gasteiger partial charge in [0.2, 0.25) is 0 Å². The molecule has 1 fully saturated rings. The molecule has 0 heterocycles. The Labute approximate surface area is 388 Å². The van der Waals surface area contributed by atoms with Crippen molar-refractivity contribution in [3.63, 3.8) is 0 Å². The maximum Gasteiger partial charge on any atom is 0.472 e. The highest BCUT2D eigenvalue weighted by atomic mass is 31.2. The fourth-order valence-corrected chi connectivity index (χ4v) is 9.14. The van der Waals surface area contributed by atoms with Crippen LogP contribution in [0.15, 0.2) is 12.2 Å². The zero-order chi connectivity index (χ0) is 47.1. The Bertz CT molecular complexity index is 1170. The number of unbranched alkanes of at least 4 members (excludes halogenated alkanes) is 30. The second-order valence-corrected chi connectivity index (χ2v) is 19.8. The van der Waals surface area contributed by atoms with Crippen LogP contribution in [0, 0.1) is 0 Å². The lowest BCUT2D eigenvalue weighted by Gasteiger charge is -2.41. The molecule has 64 heavy (non-hydrogen) atoms. The molecule has 14 heteroatoms. The Hall–Kier alpha value is -1.41. The molecule has 378 valence electrons. The molecule has 0 aromatic rings.